The van der Waals surface area contributed by atoms with Gasteiger partial charge in [-0.2, -0.15) is 8.42 Å². The van der Waals surface area contributed by atoms with Crippen LogP contribution in [0.25, 0.3) is 0 Å². The molecule has 0 amide bonds. The third-order valence-electron chi connectivity index (χ3n) is 13.8. The largest absolute Gasteiger partial charge is 0.397 e. The summed E-state index contributed by atoms with van der Waals surface area (Å²) >= 11 is 0. The van der Waals surface area contributed by atoms with Gasteiger partial charge in [-0.1, -0.05) is 34.6 Å². The van der Waals surface area contributed by atoms with Crippen molar-refractivity contribution in [2.24, 2.45) is 58.0 Å². The summed E-state index contributed by atoms with van der Waals surface area (Å²) in [5.74, 6) is 3.20. The van der Waals surface area contributed by atoms with E-state index in [1.54, 1.807) is 0 Å². The average molecular weight is 685 g/mol. The van der Waals surface area contributed by atoms with Crippen molar-refractivity contribution in [2.45, 2.75) is 143 Å². The maximum absolute atomic E-state index is 11.8. The zero-order valence-corrected chi connectivity index (χ0v) is 31.3. The maximum Gasteiger partial charge on any atom is 0.397 e. The zero-order chi connectivity index (χ0) is 34.2. The van der Waals surface area contributed by atoms with E-state index < -0.39 is 16.5 Å². The van der Waals surface area contributed by atoms with E-state index in [9.17, 15) is 18.1 Å². The minimum Gasteiger partial charge on any atom is -0.393 e. The first-order valence-electron chi connectivity index (χ1n) is 19.5. The summed E-state index contributed by atoms with van der Waals surface area (Å²) in [5.41, 5.74) is 6.08. The normalized spacial score (nSPS) is 36.9. The van der Waals surface area contributed by atoms with Gasteiger partial charge >= 0.3 is 10.4 Å². The molecular formula is C37H72N4O5S. The highest BCUT2D eigenvalue weighted by Gasteiger charge is 2.62. The molecule has 4 aliphatic carbocycles. The highest BCUT2D eigenvalue weighted by molar-refractivity contribution is 7.80. The standard InChI is InChI=1S/C37H72N4O5S/c1-26(2)34(46-47(43,44)45)13-10-27(3)30-11-12-31-35-32(15-17-37(30,31)5)36(4)16-14-29(24-28(36)25-33(35)42)41-23-9-22-40-20-7-6-19-39-21-8-18-38/h26-35,39-42H,6-25,38H2,1-5H3,(H,43,44,45)/t27-,28-,29-,30+,31?,32?,33-,34?,35?,36-,37+/m0/s1. The van der Waals surface area contributed by atoms with Crippen molar-refractivity contribution in [3.05, 3.63) is 0 Å². The van der Waals surface area contributed by atoms with Gasteiger partial charge in [0.25, 0.3) is 0 Å². The fraction of sp³-hybridized carbons (Fsp3) is 1.00. The SMILES string of the molecule is CC(C)C(CC[C@H](C)[C@H]1CCC2C3C(CC[C@@]21C)[C@@]1(C)CC[C@H](NCCCNCCCCNCCCN)C[C@H]1C[C@@H]3O)OS(=O)(=O)O. The van der Waals surface area contributed by atoms with E-state index in [-0.39, 0.29) is 17.4 Å². The minimum absolute atomic E-state index is 0.0137. The van der Waals surface area contributed by atoms with Crippen LogP contribution in [0.4, 0.5) is 0 Å². The summed E-state index contributed by atoms with van der Waals surface area (Å²) in [6.45, 7) is 17.4. The van der Waals surface area contributed by atoms with Crippen molar-refractivity contribution in [3.63, 3.8) is 0 Å². The Labute approximate surface area is 288 Å². The van der Waals surface area contributed by atoms with Gasteiger partial charge in [0, 0.05) is 6.04 Å². The molecule has 7 N–H and O–H groups in total. The van der Waals surface area contributed by atoms with Crippen LogP contribution in [0.1, 0.15) is 125 Å². The van der Waals surface area contributed by atoms with Crippen LogP contribution in [0.2, 0.25) is 0 Å². The molecule has 0 radical (unpaired) electrons. The summed E-state index contributed by atoms with van der Waals surface area (Å²) < 4.78 is 37.2. The summed E-state index contributed by atoms with van der Waals surface area (Å²) in [5, 5.41) is 22.8. The molecule has 276 valence electrons. The monoisotopic (exact) mass is 685 g/mol. The van der Waals surface area contributed by atoms with Crippen molar-refractivity contribution in [3.8, 4) is 0 Å². The molecule has 0 spiro atoms. The van der Waals surface area contributed by atoms with Crippen LogP contribution < -0.4 is 21.7 Å². The van der Waals surface area contributed by atoms with Crippen LogP contribution >= 0.6 is 0 Å². The van der Waals surface area contributed by atoms with Gasteiger partial charge in [-0.05, 0) is 181 Å². The molecule has 4 unspecified atom stereocenters. The number of nitrogens with one attached hydrogen (secondary N) is 3. The molecule has 4 aliphatic rings. The molecule has 47 heavy (non-hydrogen) atoms. The van der Waals surface area contributed by atoms with Gasteiger partial charge < -0.3 is 26.8 Å². The molecule has 0 saturated heterocycles. The molecule has 4 fully saturated rings. The lowest BCUT2D eigenvalue weighted by Crippen LogP contribution is -2.59. The first kappa shape index (κ1) is 39.5. The quantitative estimate of drug-likeness (QED) is 0.0720. The van der Waals surface area contributed by atoms with Gasteiger partial charge in [0.2, 0.25) is 0 Å². The summed E-state index contributed by atoms with van der Waals surface area (Å²) in [7, 11) is -4.46. The van der Waals surface area contributed by atoms with Crippen LogP contribution in [-0.2, 0) is 14.6 Å². The molecule has 0 aromatic rings. The Morgan fingerprint density at radius 2 is 1.47 bits per heavy atom. The van der Waals surface area contributed by atoms with Crippen LogP contribution in [0.5, 0.6) is 0 Å². The van der Waals surface area contributed by atoms with Gasteiger partial charge in [0.15, 0.2) is 0 Å². The van der Waals surface area contributed by atoms with Crippen molar-refractivity contribution >= 4 is 10.4 Å². The second-order valence-electron chi connectivity index (χ2n) is 17.0. The fourth-order valence-electron chi connectivity index (χ4n) is 11.2. The van der Waals surface area contributed by atoms with Crippen LogP contribution in [0.3, 0.4) is 0 Å². The first-order valence-corrected chi connectivity index (χ1v) is 20.8. The second kappa shape index (κ2) is 17.7. The summed E-state index contributed by atoms with van der Waals surface area (Å²) in [4.78, 5) is 0. The fourth-order valence-corrected chi connectivity index (χ4v) is 11.8. The molecule has 4 rings (SSSR count). The van der Waals surface area contributed by atoms with E-state index in [0.717, 1.165) is 65.0 Å². The van der Waals surface area contributed by atoms with E-state index >= 15 is 0 Å². The molecule has 9 nitrogen and oxygen atoms in total. The predicted octanol–water partition coefficient (Wildman–Crippen LogP) is 5.53. The molecule has 0 aromatic heterocycles. The molecule has 11 atom stereocenters. The Balaban J connectivity index is 1.23. The van der Waals surface area contributed by atoms with Crippen molar-refractivity contribution in [1.82, 2.24) is 16.0 Å². The molecule has 10 heteroatoms. The van der Waals surface area contributed by atoms with Crippen LogP contribution in [0, 0.1) is 52.3 Å². The number of aliphatic hydroxyl groups excluding tert-OH is 1. The molecule has 0 heterocycles. The Hall–Kier alpha value is -0.330. The van der Waals surface area contributed by atoms with Gasteiger partial charge in [-0.25, -0.2) is 4.18 Å². The van der Waals surface area contributed by atoms with Gasteiger partial charge in [-0.15, -0.1) is 0 Å². The Morgan fingerprint density at radius 1 is 0.830 bits per heavy atom. The van der Waals surface area contributed by atoms with Crippen molar-refractivity contribution in [1.29, 1.82) is 0 Å². The Kier molecular flexibility index (Phi) is 14.9. The van der Waals surface area contributed by atoms with Crippen molar-refractivity contribution < 1.29 is 22.3 Å². The van der Waals surface area contributed by atoms with E-state index in [2.05, 4.69) is 36.7 Å². The van der Waals surface area contributed by atoms with Crippen LogP contribution in [0.15, 0.2) is 0 Å². The van der Waals surface area contributed by atoms with Crippen LogP contribution in [-0.4, -0.2) is 75.6 Å². The number of hydrogen-bond donors (Lipinski definition) is 6. The molecule has 0 bridgehead atoms. The average Bonchev–Trinajstić information content (AvgIpc) is 3.36. The topological polar surface area (TPSA) is 146 Å². The summed E-state index contributed by atoms with van der Waals surface area (Å²) in [6.07, 6.45) is 15.0. The summed E-state index contributed by atoms with van der Waals surface area (Å²) in [6, 6.07) is 0.571. The number of nitrogens with two attached hydrogens (primary N) is 1. The van der Waals surface area contributed by atoms with E-state index in [0.29, 0.717) is 53.4 Å². The molecule has 0 aliphatic heterocycles. The number of hydrogen-bond acceptors (Lipinski definition) is 8. The third kappa shape index (κ3) is 10.1. The first-order chi connectivity index (χ1) is 22.3. The Bertz CT molecular complexity index is 1050. The number of unbranched alkanes of at least 4 members (excludes halogenated alkanes) is 1. The van der Waals surface area contributed by atoms with Gasteiger partial charge in [0.1, 0.15) is 0 Å². The highest BCUT2D eigenvalue weighted by atomic mass is 32.3. The van der Waals surface area contributed by atoms with Gasteiger partial charge in [0.05, 0.1) is 12.2 Å². The molecule has 0 aromatic carbocycles. The van der Waals surface area contributed by atoms with Crippen molar-refractivity contribution in [2.75, 3.05) is 39.3 Å². The lowest BCUT2D eigenvalue weighted by molar-refractivity contribution is -0.167. The predicted molar refractivity (Wildman–Crippen MR) is 191 cm³/mol. The van der Waals surface area contributed by atoms with E-state index in [1.807, 2.05) is 13.8 Å². The number of fused-ring (bicyclic) bond motifs is 5. The smallest absolute Gasteiger partial charge is 0.393 e. The molecular weight excluding hydrogens is 612 g/mol. The zero-order valence-electron chi connectivity index (χ0n) is 30.5. The lowest BCUT2D eigenvalue weighted by Gasteiger charge is -2.62. The minimum atomic E-state index is -4.46. The highest BCUT2D eigenvalue weighted by Crippen LogP contribution is 2.68. The Morgan fingerprint density at radius 3 is 2.13 bits per heavy atom. The van der Waals surface area contributed by atoms with E-state index in [1.165, 1.54) is 57.8 Å². The second-order valence-corrected chi connectivity index (χ2v) is 18.1. The maximum atomic E-state index is 11.8. The third-order valence-corrected chi connectivity index (χ3v) is 14.3. The number of aliphatic hydroxyl groups is 1. The van der Waals surface area contributed by atoms with Gasteiger partial charge in [-0.3, -0.25) is 4.55 Å². The molecule has 4 saturated carbocycles. The van der Waals surface area contributed by atoms with E-state index in [4.69, 9.17) is 9.92 Å². The lowest BCUT2D eigenvalue weighted by atomic mass is 9.43. The number of rotatable bonds is 20.